The molecule has 28 heavy (non-hydrogen) atoms. The van der Waals surface area contributed by atoms with Gasteiger partial charge in [-0.05, 0) is 58.3 Å². The molecule has 6 nitrogen and oxygen atoms in total. The van der Waals surface area contributed by atoms with Crippen molar-refractivity contribution in [1.29, 1.82) is 0 Å². The zero-order valence-corrected chi connectivity index (χ0v) is 17.0. The van der Waals surface area contributed by atoms with Gasteiger partial charge in [-0.3, -0.25) is 9.59 Å². The van der Waals surface area contributed by atoms with Crippen LogP contribution in [0.4, 0.5) is 0 Å². The Bertz CT molecular complexity index is 723. The van der Waals surface area contributed by atoms with Gasteiger partial charge in [0.15, 0.2) is 5.82 Å². The van der Waals surface area contributed by atoms with Crippen LogP contribution in [-0.2, 0) is 4.79 Å². The van der Waals surface area contributed by atoms with E-state index in [0.717, 1.165) is 83.1 Å². The van der Waals surface area contributed by atoms with Crippen LogP contribution in [0.2, 0.25) is 0 Å². The average Bonchev–Trinajstić information content (AvgIpc) is 3.28. The number of hydrogen-bond acceptors (Lipinski definition) is 4. The first-order valence-corrected chi connectivity index (χ1v) is 11.1. The monoisotopic (exact) mass is 384 g/mol. The Kier molecular flexibility index (Phi) is 5.93. The van der Waals surface area contributed by atoms with E-state index in [9.17, 15) is 9.59 Å². The van der Waals surface area contributed by atoms with Crippen molar-refractivity contribution in [3.63, 3.8) is 0 Å². The van der Waals surface area contributed by atoms with Crippen molar-refractivity contribution in [2.75, 3.05) is 19.6 Å². The number of carbonyl (C=O) groups excluding carboxylic acids is 2. The topological polar surface area (TPSA) is 66.4 Å². The summed E-state index contributed by atoms with van der Waals surface area (Å²) in [6, 6.07) is -0.0420. The van der Waals surface area contributed by atoms with Crippen molar-refractivity contribution in [1.82, 2.24) is 19.8 Å². The van der Waals surface area contributed by atoms with Gasteiger partial charge in [0.25, 0.3) is 5.91 Å². The Morgan fingerprint density at radius 3 is 2.32 bits per heavy atom. The summed E-state index contributed by atoms with van der Waals surface area (Å²) in [6.45, 7) is 4.35. The van der Waals surface area contributed by atoms with Gasteiger partial charge in [0, 0.05) is 31.7 Å². The SMILES string of the molecule is Cc1nc([C@H]2CCCCN2C(=O)C2CCCC2)ncc1C(=O)N1CCCCC1. The molecule has 0 aromatic carbocycles. The molecular formula is C22H32N4O2. The molecule has 1 saturated carbocycles. The predicted octanol–water partition coefficient (Wildman–Crippen LogP) is 3.65. The number of nitrogens with zero attached hydrogens (tertiary/aromatic N) is 4. The van der Waals surface area contributed by atoms with Gasteiger partial charge in [0.05, 0.1) is 17.3 Å². The summed E-state index contributed by atoms with van der Waals surface area (Å²) in [7, 11) is 0. The van der Waals surface area contributed by atoms with Gasteiger partial charge in [0.1, 0.15) is 0 Å². The van der Waals surface area contributed by atoms with Crippen LogP contribution >= 0.6 is 0 Å². The van der Waals surface area contributed by atoms with Gasteiger partial charge >= 0.3 is 0 Å². The second kappa shape index (κ2) is 8.58. The summed E-state index contributed by atoms with van der Waals surface area (Å²) < 4.78 is 0. The van der Waals surface area contributed by atoms with Crippen molar-refractivity contribution in [2.24, 2.45) is 5.92 Å². The lowest BCUT2D eigenvalue weighted by atomic mass is 9.97. The second-order valence-electron chi connectivity index (χ2n) is 8.60. The number of amides is 2. The third-order valence-electron chi connectivity index (χ3n) is 6.66. The standard InChI is InChI=1S/C22H32N4O2/c1-16-18(22(28)25-12-6-2-7-13-25)15-23-20(24-16)19-11-5-8-14-26(19)21(27)17-9-3-4-10-17/h15,17,19H,2-14H2,1H3/t19-/m1/s1. The van der Waals surface area contributed by atoms with Crippen molar-refractivity contribution >= 4 is 11.8 Å². The predicted molar refractivity (Wildman–Crippen MR) is 107 cm³/mol. The summed E-state index contributed by atoms with van der Waals surface area (Å²) in [5.74, 6) is 1.23. The average molecular weight is 385 g/mol. The first-order chi connectivity index (χ1) is 13.6. The van der Waals surface area contributed by atoms with Gasteiger partial charge in [-0.15, -0.1) is 0 Å². The molecule has 6 heteroatoms. The van der Waals surface area contributed by atoms with Crippen LogP contribution in [0.3, 0.4) is 0 Å². The minimum atomic E-state index is -0.0420. The molecule has 1 aromatic heterocycles. The maximum absolute atomic E-state index is 13.1. The summed E-state index contributed by atoms with van der Waals surface area (Å²) >= 11 is 0. The van der Waals surface area contributed by atoms with Gasteiger partial charge < -0.3 is 9.80 Å². The molecule has 3 fully saturated rings. The summed E-state index contributed by atoms with van der Waals surface area (Å²) in [6.07, 6.45) is 12.5. The molecule has 1 atom stereocenters. The molecule has 3 heterocycles. The van der Waals surface area contributed by atoms with E-state index in [2.05, 4.69) is 4.98 Å². The molecule has 0 bridgehead atoms. The molecule has 0 N–H and O–H groups in total. The van der Waals surface area contributed by atoms with Gasteiger partial charge in [-0.2, -0.15) is 0 Å². The highest BCUT2D eigenvalue weighted by Gasteiger charge is 2.35. The van der Waals surface area contributed by atoms with Crippen molar-refractivity contribution in [3.8, 4) is 0 Å². The Hall–Kier alpha value is -1.98. The first kappa shape index (κ1) is 19.3. The fourth-order valence-electron chi connectivity index (χ4n) is 4.99. The highest BCUT2D eigenvalue weighted by Crippen LogP contribution is 2.34. The molecule has 2 aliphatic heterocycles. The van der Waals surface area contributed by atoms with E-state index in [1.54, 1.807) is 6.20 Å². The highest BCUT2D eigenvalue weighted by molar-refractivity contribution is 5.95. The Balaban J connectivity index is 1.53. The molecule has 1 aliphatic carbocycles. The lowest BCUT2D eigenvalue weighted by Gasteiger charge is -2.36. The number of aryl methyl sites for hydroxylation is 1. The van der Waals surface area contributed by atoms with Gasteiger partial charge in [0.2, 0.25) is 5.91 Å². The maximum atomic E-state index is 13.1. The van der Waals surface area contributed by atoms with E-state index in [0.29, 0.717) is 11.4 Å². The number of hydrogen-bond donors (Lipinski definition) is 0. The molecule has 152 valence electrons. The molecule has 1 aromatic rings. The van der Waals surface area contributed by atoms with Gasteiger partial charge in [-0.25, -0.2) is 9.97 Å². The number of likely N-dealkylation sites (tertiary alicyclic amines) is 2. The van der Waals surface area contributed by atoms with Crippen LogP contribution in [0, 0.1) is 12.8 Å². The number of carbonyl (C=O) groups is 2. The van der Waals surface area contributed by atoms with E-state index in [1.807, 2.05) is 16.7 Å². The fourth-order valence-corrected chi connectivity index (χ4v) is 4.99. The maximum Gasteiger partial charge on any atom is 0.257 e. The van der Waals surface area contributed by atoms with Crippen LogP contribution in [0.5, 0.6) is 0 Å². The Morgan fingerprint density at radius 2 is 1.61 bits per heavy atom. The van der Waals surface area contributed by atoms with Crippen LogP contribution in [0.25, 0.3) is 0 Å². The van der Waals surface area contributed by atoms with E-state index in [4.69, 9.17) is 4.98 Å². The number of aromatic nitrogens is 2. The highest BCUT2D eigenvalue weighted by atomic mass is 16.2. The molecule has 4 rings (SSSR count). The minimum absolute atomic E-state index is 0.0420. The van der Waals surface area contributed by atoms with E-state index in [1.165, 1.54) is 6.42 Å². The van der Waals surface area contributed by atoms with Crippen molar-refractivity contribution in [3.05, 3.63) is 23.3 Å². The quantitative estimate of drug-likeness (QED) is 0.798. The molecule has 2 amide bonds. The van der Waals surface area contributed by atoms with Crippen molar-refractivity contribution < 1.29 is 9.59 Å². The number of piperidine rings is 2. The third-order valence-corrected chi connectivity index (χ3v) is 6.66. The molecule has 0 radical (unpaired) electrons. The largest absolute Gasteiger partial charge is 0.339 e. The van der Waals surface area contributed by atoms with Crippen molar-refractivity contribution in [2.45, 2.75) is 77.2 Å². The lowest BCUT2D eigenvalue weighted by molar-refractivity contribution is -0.139. The zero-order valence-electron chi connectivity index (χ0n) is 17.0. The lowest BCUT2D eigenvalue weighted by Crippen LogP contribution is -2.42. The Labute approximate surface area is 167 Å². The second-order valence-corrected chi connectivity index (χ2v) is 8.60. The number of rotatable bonds is 3. The minimum Gasteiger partial charge on any atom is -0.339 e. The zero-order chi connectivity index (χ0) is 19.5. The summed E-state index contributed by atoms with van der Waals surface area (Å²) in [5.41, 5.74) is 1.34. The smallest absolute Gasteiger partial charge is 0.257 e. The molecular weight excluding hydrogens is 352 g/mol. The Morgan fingerprint density at radius 1 is 0.929 bits per heavy atom. The van der Waals surface area contributed by atoms with E-state index >= 15 is 0 Å². The molecule has 0 unspecified atom stereocenters. The van der Waals surface area contributed by atoms with Gasteiger partial charge in [-0.1, -0.05) is 12.8 Å². The molecule has 0 spiro atoms. The summed E-state index contributed by atoms with van der Waals surface area (Å²) in [4.78, 5) is 39.2. The summed E-state index contributed by atoms with van der Waals surface area (Å²) in [5, 5.41) is 0. The van der Waals surface area contributed by atoms with E-state index in [-0.39, 0.29) is 23.8 Å². The first-order valence-electron chi connectivity index (χ1n) is 11.1. The van der Waals surface area contributed by atoms with E-state index < -0.39 is 0 Å². The van der Waals surface area contributed by atoms with Crippen LogP contribution < -0.4 is 0 Å². The van der Waals surface area contributed by atoms with Crippen LogP contribution in [0.1, 0.15) is 92.1 Å². The van der Waals surface area contributed by atoms with Crippen LogP contribution in [0.15, 0.2) is 6.20 Å². The van der Waals surface area contributed by atoms with Crippen LogP contribution in [-0.4, -0.2) is 51.2 Å². The fraction of sp³-hybridized carbons (Fsp3) is 0.727. The normalized spacial score (nSPS) is 23.8. The molecule has 3 aliphatic rings. The molecule has 2 saturated heterocycles. The third kappa shape index (κ3) is 3.91.